The number of likely N-dealkylation sites (tertiary alicyclic amines) is 1. The predicted molar refractivity (Wildman–Crippen MR) is 91.7 cm³/mol. The molecular weight excluding hydrogens is 304 g/mol. The highest BCUT2D eigenvalue weighted by molar-refractivity contribution is 5.98. The number of rotatable bonds is 3. The number of anilines is 1. The highest BCUT2D eigenvalue weighted by Gasteiger charge is 2.26. The van der Waals surface area contributed by atoms with Crippen LogP contribution in [-0.2, 0) is 0 Å². The van der Waals surface area contributed by atoms with Crippen molar-refractivity contribution in [2.24, 2.45) is 0 Å². The van der Waals surface area contributed by atoms with Gasteiger partial charge in [-0.15, -0.1) is 0 Å². The van der Waals surface area contributed by atoms with Crippen molar-refractivity contribution in [2.75, 3.05) is 25.9 Å². The van der Waals surface area contributed by atoms with Crippen LogP contribution in [0.4, 0.5) is 5.82 Å². The highest BCUT2D eigenvalue weighted by atomic mass is 16.1. The lowest BCUT2D eigenvalue weighted by atomic mass is 10.1. The molecule has 1 aliphatic heterocycles. The summed E-state index contributed by atoms with van der Waals surface area (Å²) in [5.41, 5.74) is 9.17. The van der Waals surface area contributed by atoms with E-state index in [0.717, 1.165) is 48.1 Å². The number of fused-ring (bicyclic) bond motifs is 1. The van der Waals surface area contributed by atoms with E-state index in [0.29, 0.717) is 11.4 Å². The van der Waals surface area contributed by atoms with Crippen molar-refractivity contribution in [3.05, 3.63) is 36.2 Å². The number of carbonyl (C=O) groups is 1. The Balaban J connectivity index is 1.90. The van der Waals surface area contributed by atoms with E-state index in [9.17, 15) is 4.79 Å². The Kier molecular flexibility index (Phi) is 3.50. The van der Waals surface area contributed by atoms with E-state index in [1.54, 1.807) is 12.1 Å². The van der Waals surface area contributed by atoms with Gasteiger partial charge in [-0.3, -0.25) is 4.79 Å². The van der Waals surface area contributed by atoms with Crippen LogP contribution in [-0.4, -0.2) is 51.1 Å². The number of nitrogen functional groups attached to an aromatic ring is 1. The van der Waals surface area contributed by atoms with Gasteiger partial charge in [0, 0.05) is 24.2 Å². The Labute approximate surface area is 139 Å². The Bertz CT molecular complexity index is 901. The molecule has 1 aromatic carbocycles. The molecule has 3 aromatic rings. The van der Waals surface area contributed by atoms with Gasteiger partial charge in [0.1, 0.15) is 24.1 Å². The fraction of sp³-hybridized carbons (Fsp3) is 0.294. The van der Waals surface area contributed by atoms with Gasteiger partial charge in [0.25, 0.3) is 0 Å². The molecule has 1 aliphatic rings. The van der Waals surface area contributed by atoms with E-state index in [-0.39, 0.29) is 6.04 Å². The first-order chi connectivity index (χ1) is 11.7. The van der Waals surface area contributed by atoms with Crippen LogP contribution in [0.5, 0.6) is 0 Å². The molecule has 0 radical (unpaired) electrons. The summed E-state index contributed by atoms with van der Waals surface area (Å²) in [6, 6.07) is 7.58. The first-order valence-corrected chi connectivity index (χ1v) is 7.90. The molecule has 0 saturated carbocycles. The van der Waals surface area contributed by atoms with Crippen LogP contribution in [0.3, 0.4) is 0 Å². The minimum atomic E-state index is 0.273. The fourth-order valence-corrected chi connectivity index (χ4v) is 3.28. The number of hydrogen-bond donors (Lipinski definition) is 1. The number of aromatic nitrogens is 4. The van der Waals surface area contributed by atoms with E-state index in [1.165, 1.54) is 6.33 Å². The van der Waals surface area contributed by atoms with Gasteiger partial charge in [-0.05, 0) is 13.5 Å². The van der Waals surface area contributed by atoms with Crippen LogP contribution in [0.15, 0.2) is 30.6 Å². The molecule has 1 atom stereocenters. The van der Waals surface area contributed by atoms with Gasteiger partial charge in [0.15, 0.2) is 5.65 Å². The van der Waals surface area contributed by atoms with E-state index in [2.05, 4.69) is 21.9 Å². The number of likely N-dealkylation sites (N-methyl/N-ethyl adjacent to an activating group) is 1. The number of nitrogens with two attached hydrogens (primary N) is 1. The fourth-order valence-electron chi connectivity index (χ4n) is 3.28. The van der Waals surface area contributed by atoms with E-state index in [1.807, 2.05) is 16.8 Å². The first-order valence-electron chi connectivity index (χ1n) is 7.90. The van der Waals surface area contributed by atoms with Crippen LogP contribution in [0.1, 0.15) is 22.8 Å². The van der Waals surface area contributed by atoms with Gasteiger partial charge in [-0.2, -0.15) is 5.10 Å². The quantitative estimate of drug-likeness (QED) is 0.739. The van der Waals surface area contributed by atoms with Gasteiger partial charge in [0.05, 0.1) is 11.4 Å². The van der Waals surface area contributed by atoms with Crippen LogP contribution in [0.2, 0.25) is 0 Å². The molecule has 24 heavy (non-hydrogen) atoms. The molecule has 1 unspecified atom stereocenters. The maximum atomic E-state index is 10.9. The minimum absolute atomic E-state index is 0.273. The second kappa shape index (κ2) is 5.68. The summed E-state index contributed by atoms with van der Waals surface area (Å²) in [4.78, 5) is 21.7. The van der Waals surface area contributed by atoms with E-state index in [4.69, 9.17) is 10.8 Å². The second-order valence-corrected chi connectivity index (χ2v) is 6.20. The molecule has 0 bridgehead atoms. The molecule has 4 rings (SSSR count). The summed E-state index contributed by atoms with van der Waals surface area (Å²) in [6.07, 6.45) is 3.33. The average molecular weight is 322 g/mol. The minimum Gasteiger partial charge on any atom is -0.383 e. The third kappa shape index (κ3) is 2.33. The molecule has 3 heterocycles. The second-order valence-electron chi connectivity index (χ2n) is 6.20. The Morgan fingerprint density at radius 1 is 1.25 bits per heavy atom. The third-order valence-corrected chi connectivity index (χ3v) is 4.55. The molecule has 122 valence electrons. The van der Waals surface area contributed by atoms with E-state index >= 15 is 0 Å². The summed E-state index contributed by atoms with van der Waals surface area (Å²) >= 11 is 0. The standard InChI is InChI=1S/C17H18N6O/c1-22-7-6-13(8-22)23-17-14(16(18)19-10-20-17)15(21-23)12-4-2-11(9-24)3-5-12/h2-5,9-10,13H,6-8H2,1H3,(H2,18,19,20). The third-order valence-electron chi connectivity index (χ3n) is 4.55. The van der Waals surface area contributed by atoms with Gasteiger partial charge in [-0.25, -0.2) is 14.6 Å². The van der Waals surface area contributed by atoms with E-state index < -0.39 is 0 Å². The summed E-state index contributed by atoms with van der Waals surface area (Å²) in [5.74, 6) is 0.423. The number of aldehydes is 1. The molecule has 1 saturated heterocycles. The zero-order valence-electron chi connectivity index (χ0n) is 13.4. The molecule has 0 spiro atoms. The summed E-state index contributed by atoms with van der Waals surface area (Å²) in [5, 5.41) is 5.58. The SMILES string of the molecule is CN1CCC(n2nc(-c3ccc(C=O)cc3)c3c(N)ncnc32)C1. The summed E-state index contributed by atoms with van der Waals surface area (Å²) < 4.78 is 1.97. The van der Waals surface area contributed by atoms with Crippen molar-refractivity contribution < 1.29 is 4.79 Å². The van der Waals surface area contributed by atoms with Crippen molar-refractivity contribution in [3.63, 3.8) is 0 Å². The molecule has 2 aromatic heterocycles. The molecule has 0 amide bonds. The lowest BCUT2D eigenvalue weighted by Gasteiger charge is -2.11. The smallest absolute Gasteiger partial charge is 0.164 e. The van der Waals surface area contributed by atoms with Gasteiger partial charge in [0.2, 0.25) is 0 Å². The van der Waals surface area contributed by atoms with Crippen molar-refractivity contribution in [1.29, 1.82) is 0 Å². The lowest BCUT2D eigenvalue weighted by Crippen LogP contribution is -2.17. The van der Waals surface area contributed by atoms with Crippen LogP contribution < -0.4 is 5.73 Å². The highest BCUT2D eigenvalue weighted by Crippen LogP contribution is 2.33. The normalized spacial score (nSPS) is 18.3. The number of benzene rings is 1. The number of carbonyl (C=O) groups excluding carboxylic acids is 1. The van der Waals surface area contributed by atoms with Gasteiger partial charge >= 0.3 is 0 Å². The average Bonchev–Trinajstić information content (AvgIpc) is 3.19. The molecule has 7 heteroatoms. The van der Waals surface area contributed by atoms with Crippen molar-refractivity contribution in [1.82, 2.24) is 24.6 Å². The Morgan fingerprint density at radius 2 is 2.04 bits per heavy atom. The molecular formula is C17H18N6O. The van der Waals surface area contributed by atoms with Crippen LogP contribution in [0, 0.1) is 0 Å². The number of hydrogen-bond acceptors (Lipinski definition) is 6. The van der Waals surface area contributed by atoms with Crippen molar-refractivity contribution in [3.8, 4) is 11.3 Å². The van der Waals surface area contributed by atoms with Gasteiger partial charge in [-0.1, -0.05) is 24.3 Å². The Morgan fingerprint density at radius 3 is 2.71 bits per heavy atom. The predicted octanol–water partition coefficient (Wildman–Crippen LogP) is 1.76. The molecule has 2 N–H and O–H groups in total. The van der Waals surface area contributed by atoms with Crippen LogP contribution >= 0.6 is 0 Å². The van der Waals surface area contributed by atoms with Crippen molar-refractivity contribution >= 4 is 23.1 Å². The maximum Gasteiger partial charge on any atom is 0.164 e. The largest absolute Gasteiger partial charge is 0.383 e. The zero-order chi connectivity index (χ0) is 16.7. The zero-order valence-corrected chi connectivity index (χ0v) is 13.4. The monoisotopic (exact) mass is 322 g/mol. The van der Waals surface area contributed by atoms with Crippen molar-refractivity contribution in [2.45, 2.75) is 12.5 Å². The topological polar surface area (TPSA) is 89.9 Å². The van der Waals surface area contributed by atoms with Gasteiger partial charge < -0.3 is 10.6 Å². The Hall–Kier alpha value is -2.80. The lowest BCUT2D eigenvalue weighted by molar-refractivity contribution is 0.112. The molecule has 7 nitrogen and oxygen atoms in total. The first kappa shape index (κ1) is 14.8. The summed E-state index contributed by atoms with van der Waals surface area (Å²) in [7, 11) is 2.11. The summed E-state index contributed by atoms with van der Waals surface area (Å²) in [6.45, 7) is 1.97. The number of nitrogens with zero attached hydrogens (tertiary/aromatic N) is 5. The molecule has 1 fully saturated rings. The van der Waals surface area contributed by atoms with Crippen LogP contribution in [0.25, 0.3) is 22.3 Å². The maximum absolute atomic E-state index is 10.9. The molecule has 0 aliphatic carbocycles.